The summed E-state index contributed by atoms with van der Waals surface area (Å²) in [5.74, 6) is 0.423. The molecule has 0 saturated carbocycles. The Morgan fingerprint density at radius 1 is 0.867 bits per heavy atom. The Morgan fingerprint density at radius 2 is 1.40 bits per heavy atom. The number of hydrogen-bond acceptors (Lipinski definition) is 2. The van der Waals surface area contributed by atoms with Crippen LogP contribution in [-0.2, 0) is 4.79 Å². The van der Waals surface area contributed by atoms with Crippen molar-refractivity contribution in [1.29, 1.82) is 0 Å². The minimum Gasteiger partial charge on any atom is -0.326 e. The van der Waals surface area contributed by atoms with E-state index in [9.17, 15) is 9.59 Å². The summed E-state index contributed by atoms with van der Waals surface area (Å²) in [7, 11) is 0. The number of rotatable bonds is 4. The summed E-state index contributed by atoms with van der Waals surface area (Å²) in [6.45, 7) is 3.95. The van der Waals surface area contributed by atoms with Gasteiger partial charge in [0.05, 0.1) is 5.41 Å². The Bertz CT molecular complexity index is 1100. The standard InChI is InChI=1S/C27H25NO2/c1-3-24(29)17-12-14-18(15-13-17)28-26(30)27(2)16-23-19-8-4-6-10-21(19)25(27)22-11-7-5-9-20(22)23/h4-15,23,25H,3,16H2,1-2H3,(H,28,30). The van der Waals surface area contributed by atoms with Gasteiger partial charge in [-0.1, -0.05) is 55.5 Å². The molecule has 3 aliphatic carbocycles. The molecule has 150 valence electrons. The van der Waals surface area contributed by atoms with Gasteiger partial charge < -0.3 is 5.32 Å². The quantitative estimate of drug-likeness (QED) is 0.559. The molecule has 0 spiro atoms. The average molecular weight is 396 g/mol. The van der Waals surface area contributed by atoms with Gasteiger partial charge in [-0.25, -0.2) is 0 Å². The largest absolute Gasteiger partial charge is 0.326 e. The van der Waals surface area contributed by atoms with Crippen molar-refractivity contribution in [2.45, 2.75) is 38.5 Å². The lowest BCUT2D eigenvalue weighted by molar-refractivity contribution is -0.126. The Balaban J connectivity index is 1.50. The molecule has 0 aliphatic heterocycles. The molecule has 3 aliphatic rings. The highest BCUT2D eigenvalue weighted by atomic mass is 16.2. The molecule has 0 saturated heterocycles. The van der Waals surface area contributed by atoms with Gasteiger partial charge in [0.2, 0.25) is 5.91 Å². The summed E-state index contributed by atoms with van der Waals surface area (Å²) < 4.78 is 0. The van der Waals surface area contributed by atoms with Crippen LogP contribution in [0, 0.1) is 5.41 Å². The van der Waals surface area contributed by atoms with Crippen LogP contribution in [0.25, 0.3) is 0 Å². The van der Waals surface area contributed by atoms with E-state index < -0.39 is 5.41 Å². The summed E-state index contributed by atoms with van der Waals surface area (Å²) in [4.78, 5) is 25.5. The predicted octanol–water partition coefficient (Wildman–Crippen LogP) is 5.91. The molecule has 0 radical (unpaired) electrons. The van der Waals surface area contributed by atoms with Gasteiger partial charge in [-0.3, -0.25) is 9.59 Å². The second-order valence-corrected chi connectivity index (χ2v) is 8.67. The molecule has 0 fully saturated rings. The average Bonchev–Trinajstić information content (AvgIpc) is 2.79. The van der Waals surface area contributed by atoms with E-state index in [1.807, 2.05) is 19.1 Å². The van der Waals surface area contributed by atoms with E-state index in [1.165, 1.54) is 22.3 Å². The molecule has 0 aromatic heterocycles. The van der Waals surface area contributed by atoms with Gasteiger partial charge in [0, 0.05) is 29.5 Å². The summed E-state index contributed by atoms with van der Waals surface area (Å²) in [6, 6.07) is 24.4. The molecular weight excluding hydrogens is 370 g/mol. The van der Waals surface area contributed by atoms with Crippen LogP contribution >= 0.6 is 0 Å². The fraction of sp³-hybridized carbons (Fsp3) is 0.259. The van der Waals surface area contributed by atoms with E-state index in [0.717, 1.165) is 12.1 Å². The Labute approximate surface area is 177 Å². The van der Waals surface area contributed by atoms with Gasteiger partial charge in [0.1, 0.15) is 0 Å². The van der Waals surface area contributed by atoms with Crippen LogP contribution in [0.5, 0.6) is 0 Å². The smallest absolute Gasteiger partial charge is 0.231 e. The molecule has 3 heteroatoms. The number of hydrogen-bond donors (Lipinski definition) is 1. The van der Waals surface area contributed by atoms with Crippen molar-refractivity contribution in [3.8, 4) is 0 Å². The maximum atomic E-state index is 13.6. The molecule has 1 amide bonds. The topological polar surface area (TPSA) is 46.2 Å². The zero-order valence-electron chi connectivity index (χ0n) is 17.3. The first-order valence-corrected chi connectivity index (χ1v) is 10.7. The van der Waals surface area contributed by atoms with Gasteiger partial charge in [0.15, 0.2) is 5.78 Å². The molecule has 6 rings (SSSR count). The van der Waals surface area contributed by atoms with Gasteiger partial charge in [-0.15, -0.1) is 0 Å². The first-order valence-electron chi connectivity index (χ1n) is 10.7. The van der Waals surface area contributed by atoms with Crippen LogP contribution < -0.4 is 5.32 Å². The number of carbonyl (C=O) groups excluding carboxylic acids is 2. The summed E-state index contributed by atoms with van der Waals surface area (Å²) in [6.07, 6.45) is 1.27. The molecule has 30 heavy (non-hydrogen) atoms. The third-order valence-corrected chi connectivity index (χ3v) is 6.93. The molecule has 1 unspecified atom stereocenters. The van der Waals surface area contributed by atoms with E-state index in [2.05, 4.69) is 60.8 Å². The summed E-state index contributed by atoms with van der Waals surface area (Å²) in [5, 5.41) is 3.13. The van der Waals surface area contributed by atoms with Crippen molar-refractivity contribution in [1.82, 2.24) is 0 Å². The highest BCUT2D eigenvalue weighted by Gasteiger charge is 2.53. The Kier molecular flexibility index (Phi) is 4.35. The van der Waals surface area contributed by atoms with Gasteiger partial charge >= 0.3 is 0 Å². The van der Waals surface area contributed by atoms with Crippen molar-refractivity contribution in [3.05, 3.63) is 101 Å². The zero-order chi connectivity index (χ0) is 20.9. The van der Waals surface area contributed by atoms with Crippen LogP contribution in [0.3, 0.4) is 0 Å². The number of Topliss-reactive ketones (excluding diaryl/α,β-unsaturated/α-hetero) is 1. The van der Waals surface area contributed by atoms with Crippen LogP contribution in [0.15, 0.2) is 72.8 Å². The lowest BCUT2D eigenvalue weighted by atomic mass is 9.52. The fourth-order valence-electron chi connectivity index (χ4n) is 5.41. The SMILES string of the molecule is CCC(=O)c1ccc(NC(=O)C2(C)CC3c4ccccc4C2c2ccccc23)cc1. The maximum absolute atomic E-state index is 13.6. The Morgan fingerprint density at radius 3 is 1.93 bits per heavy atom. The minimum absolute atomic E-state index is 0.0378. The van der Waals surface area contributed by atoms with Crippen LogP contribution in [0.1, 0.15) is 71.1 Å². The molecule has 3 nitrogen and oxygen atoms in total. The normalized spacial score (nSPS) is 23.4. The highest BCUT2D eigenvalue weighted by Crippen LogP contribution is 2.61. The minimum atomic E-state index is -0.536. The van der Waals surface area contributed by atoms with E-state index >= 15 is 0 Å². The third kappa shape index (κ3) is 2.72. The molecule has 2 bridgehead atoms. The molecular formula is C27H25NO2. The lowest BCUT2D eigenvalue weighted by Gasteiger charge is -2.50. The first-order chi connectivity index (χ1) is 14.5. The lowest BCUT2D eigenvalue weighted by Crippen LogP contribution is -2.47. The predicted molar refractivity (Wildman–Crippen MR) is 119 cm³/mol. The van der Waals surface area contributed by atoms with Crippen molar-refractivity contribution in [2.75, 3.05) is 5.32 Å². The maximum Gasteiger partial charge on any atom is 0.231 e. The number of anilines is 1. The van der Waals surface area contributed by atoms with Crippen molar-refractivity contribution >= 4 is 17.4 Å². The monoisotopic (exact) mass is 395 g/mol. The number of ketones is 1. The number of fused-ring (bicyclic) bond motifs is 1. The number of carbonyl (C=O) groups is 2. The van der Waals surface area contributed by atoms with E-state index in [1.54, 1.807) is 12.1 Å². The molecule has 1 N–H and O–H groups in total. The van der Waals surface area contributed by atoms with E-state index in [0.29, 0.717) is 12.0 Å². The summed E-state index contributed by atoms with van der Waals surface area (Å²) >= 11 is 0. The van der Waals surface area contributed by atoms with Gasteiger partial charge in [-0.05, 0) is 59.9 Å². The second-order valence-electron chi connectivity index (χ2n) is 8.67. The van der Waals surface area contributed by atoms with Crippen molar-refractivity contribution < 1.29 is 9.59 Å². The van der Waals surface area contributed by atoms with E-state index in [4.69, 9.17) is 0 Å². The van der Waals surface area contributed by atoms with Gasteiger partial charge in [-0.2, -0.15) is 0 Å². The molecule has 0 heterocycles. The third-order valence-electron chi connectivity index (χ3n) is 6.93. The molecule has 3 aromatic carbocycles. The van der Waals surface area contributed by atoms with Gasteiger partial charge in [0.25, 0.3) is 0 Å². The van der Waals surface area contributed by atoms with Crippen LogP contribution in [-0.4, -0.2) is 11.7 Å². The van der Waals surface area contributed by atoms with E-state index in [-0.39, 0.29) is 23.5 Å². The van der Waals surface area contributed by atoms with Crippen LogP contribution in [0.4, 0.5) is 5.69 Å². The molecule has 1 atom stereocenters. The summed E-state index contributed by atoms with van der Waals surface area (Å²) in [5.41, 5.74) is 6.13. The highest BCUT2D eigenvalue weighted by molar-refractivity contribution is 5.99. The van der Waals surface area contributed by atoms with Crippen LogP contribution in [0.2, 0.25) is 0 Å². The molecule has 3 aromatic rings. The fourth-order valence-corrected chi connectivity index (χ4v) is 5.41. The van der Waals surface area contributed by atoms with Crippen molar-refractivity contribution in [3.63, 3.8) is 0 Å². The number of benzene rings is 3. The number of nitrogens with one attached hydrogen (secondary N) is 1. The van der Waals surface area contributed by atoms with Crippen molar-refractivity contribution in [2.24, 2.45) is 5.41 Å². The Hall–Kier alpha value is -3.20. The zero-order valence-corrected chi connectivity index (χ0v) is 17.3. The first kappa shape index (κ1) is 18.8. The number of amides is 1. The second kappa shape index (κ2) is 6.94.